The molecular formula is C17H26Cl2O3S. The monoisotopic (exact) mass is 380 g/mol. The van der Waals surface area contributed by atoms with E-state index < -0.39 is 10.1 Å². The van der Waals surface area contributed by atoms with Gasteiger partial charge in [-0.05, 0) is 24.6 Å². The molecule has 0 amide bonds. The maximum absolute atomic E-state index is 12.0. The third-order valence-electron chi connectivity index (χ3n) is 3.61. The number of hydrogen-bond donors (Lipinski definition) is 0. The van der Waals surface area contributed by atoms with Crippen LogP contribution in [0.4, 0.5) is 0 Å². The molecule has 0 saturated heterocycles. The molecule has 0 aromatic heterocycles. The molecule has 0 radical (unpaired) electrons. The fraction of sp³-hybridized carbons (Fsp3) is 0.647. The summed E-state index contributed by atoms with van der Waals surface area (Å²) in [6.07, 6.45) is 10.5. The maximum Gasteiger partial charge on any atom is 0.297 e. The number of halogens is 2. The molecule has 0 N–H and O–H groups in total. The van der Waals surface area contributed by atoms with Crippen LogP contribution in [0.5, 0.6) is 0 Å². The van der Waals surface area contributed by atoms with Gasteiger partial charge in [0.25, 0.3) is 10.1 Å². The Labute approximate surface area is 150 Å². The van der Waals surface area contributed by atoms with Crippen molar-refractivity contribution in [2.45, 2.75) is 69.6 Å². The summed E-state index contributed by atoms with van der Waals surface area (Å²) in [6, 6.07) is 4.18. The molecule has 1 aromatic rings. The molecule has 23 heavy (non-hydrogen) atoms. The summed E-state index contributed by atoms with van der Waals surface area (Å²) < 4.78 is 29.1. The van der Waals surface area contributed by atoms with E-state index in [1.54, 1.807) is 0 Å². The number of rotatable bonds is 12. The summed E-state index contributed by atoms with van der Waals surface area (Å²) >= 11 is 11.6. The number of benzene rings is 1. The van der Waals surface area contributed by atoms with E-state index in [0.29, 0.717) is 0 Å². The van der Waals surface area contributed by atoms with Crippen molar-refractivity contribution < 1.29 is 12.6 Å². The lowest BCUT2D eigenvalue weighted by Crippen LogP contribution is -2.07. The first kappa shape index (κ1) is 20.8. The zero-order chi connectivity index (χ0) is 17.1. The highest BCUT2D eigenvalue weighted by Crippen LogP contribution is 2.23. The molecule has 0 spiro atoms. The summed E-state index contributed by atoms with van der Waals surface area (Å²) in [5.74, 6) is 0. The molecule has 0 unspecified atom stereocenters. The van der Waals surface area contributed by atoms with Crippen LogP contribution in [0.2, 0.25) is 10.0 Å². The molecule has 0 bridgehead atoms. The quantitative estimate of drug-likeness (QED) is 0.318. The van der Waals surface area contributed by atoms with Gasteiger partial charge in [0.05, 0.1) is 11.5 Å². The van der Waals surface area contributed by atoms with Gasteiger partial charge in [-0.25, -0.2) is 0 Å². The van der Waals surface area contributed by atoms with E-state index >= 15 is 0 Å². The molecule has 1 aromatic carbocycles. The fourth-order valence-electron chi connectivity index (χ4n) is 2.32. The Morgan fingerprint density at radius 1 is 0.826 bits per heavy atom. The van der Waals surface area contributed by atoms with E-state index in [1.807, 2.05) is 0 Å². The molecule has 0 heterocycles. The van der Waals surface area contributed by atoms with Crippen molar-refractivity contribution in [1.29, 1.82) is 0 Å². The van der Waals surface area contributed by atoms with Gasteiger partial charge in [0.1, 0.15) is 0 Å². The fourth-order valence-corrected chi connectivity index (χ4v) is 3.99. The van der Waals surface area contributed by atoms with Crippen LogP contribution < -0.4 is 0 Å². The van der Waals surface area contributed by atoms with Crippen molar-refractivity contribution >= 4 is 33.3 Å². The van der Waals surface area contributed by atoms with Crippen LogP contribution in [-0.4, -0.2) is 15.0 Å². The molecule has 0 aliphatic rings. The number of unbranched alkanes of at least 4 members (excludes halogenated alkanes) is 8. The zero-order valence-corrected chi connectivity index (χ0v) is 16.0. The van der Waals surface area contributed by atoms with Crippen molar-refractivity contribution in [3.63, 3.8) is 0 Å². The van der Waals surface area contributed by atoms with E-state index in [9.17, 15) is 8.42 Å². The van der Waals surface area contributed by atoms with E-state index in [2.05, 4.69) is 6.92 Å². The molecule has 0 aliphatic heterocycles. The minimum atomic E-state index is -3.78. The van der Waals surface area contributed by atoms with Crippen molar-refractivity contribution in [2.24, 2.45) is 0 Å². The zero-order valence-electron chi connectivity index (χ0n) is 13.7. The second-order valence-electron chi connectivity index (χ2n) is 5.71. The smallest absolute Gasteiger partial charge is 0.266 e. The van der Waals surface area contributed by atoms with Crippen molar-refractivity contribution in [1.82, 2.24) is 0 Å². The summed E-state index contributed by atoms with van der Waals surface area (Å²) in [4.78, 5) is 0.00549. The summed E-state index contributed by atoms with van der Waals surface area (Å²) in [5, 5.41) is 0.561. The third-order valence-corrected chi connectivity index (χ3v) is 5.34. The topological polar surface area (TPSA) is 43.4 Å². The molecule has 6 heteroatoms. The Hall–Kier alpha value is -0.290. The first-order valence-corrected chi connectivity index (χ1v) is 10.5. The van der Waals surface area contributed by atoms with E-state index in [-0.39, 0.29) is 21.5 Å². The first-order valence-electron chi connectivity index (χ1n) is 8.31. The van der Waals surface area contributed by atoms with Gasteiger partial charge in [0.2, 0.25) is 0 Å². The summed E-state index contributed by atoms with van der Waals surface area (Å²) in [7, 11) is -3.78. The largest absolute Gasteiger partial charge is 0.297 e. The van der Waals surface area contributed by atoms with Gasteiger partial charge < -0.3 is 0 Å². The Bertz CT molecular complexity index is 539. The van der Waals surface area contributed by atoms with Crippen molar-refractivity contribution in [3.05, 3.63) is 28.2 Å². The predicted molar refractivity (Wildman–Crippen MR) is 96.8 cm³/mol. The Morgan fingerprint density at radius 3 is 1.83 bits per heavy atom. The van der Waals surface area contributed by atoms with Crippen LogP contribution in [-0.2, 0) is 14.3 Å². The van der Waals surface area contributed by atoms with Crippen LogP contribution in [0.3, 0.4) is 0 Å². The molecule has 0 aliphatic carbocycles. The molecule has 132 valence electrons. The molecule has 1 rings (SSSR count). The SMILES string of the molecule is CCCCCCCCCCCOS(=O)(=O)c1cc(Cl)cc(Cl)c1. The lowest BCUT2D eigenvalue weighted by molar-refractivity contribution is 0.306. The third kappa shape index (κ3) is 8.94. The lowest BCUT2D eigenvalue weighted by Gasteiger charge is -2.07. The van der Waals surface area contributed by atoms with Crippen molar-refractivity contribution in [3.8, 4) is 0 Å². The second kappa shape index (κ2) is 11.3. The average Bonchev–Trinajstić information content (AvgIpc) is 2.48. The standard InChI is InChI=1S/C17H26Cl2O3S/c1-2-3-4-5-6-7-8-9-10-11-22-23(20,21)17-13-15(18)12-16(19)14-17/h12-14H,2-11H2,1H3. The highest BCUT2D eigenvalue weighted by atomic mass is 35.5. The molecule has 0 fully saturated rings. The van der Waals surface area contributed by atoms with Crippen LogP contribution in [0.1, 0.15) is 64.7 Å². The molecule has 3 nitrogen and oxygen atoms in total. The summed E-state index contributed by atoms with van der Waals surface area (Å²) in [5.41, 5.74) is 0. The Kier molecular flexibility index (Phi) is 10.2. The molecular weight excluding hydrogens is 355 g/mol. The van der Waals surface area contributed by atoms with Gasteiger partial charge in [0, 0.05) is 10.0 Å². The minimum Gasteiger partial charge on any atom is -0.266 e. The molecule has 0 atom stereocenters. The summed E-state index contributed by atoms with van der Waals surface area (Å²) in [6.45, 7) is 2.41. The van der Waals surface area contributed by atoms with E-state index in [4.69, 9.17) is 27.4 Å². The van der Waals surface area contributed by atoms with Crippen LogP contribution in [0.25, 0.3) is 0 Å². The average molecular weight is 381 g/mol. The van der Waals surface area contributed by atoms with E-state index in [1.165, 1.54) is 56.7 Å². The van der Waals surface area contributed by atoms with Crippen LogP contribution >= 0.6 is 23.2 Å². The Morgan fingerprint density at radius 2 is 1.30 bits per heavy atom. The first-order chi connectivity index (χ1) is 11.0. The van der Waals surface area contributed by atoms with E-state index in [0.717, 1.165) is 19.3 Å². The van der Waals surface area contributed by atoms with Crippen molar-refractivity contribution in [2.75, 3.05) is 6.61 Å². The highest BCUT2D eigenvalue weighted by Gasteiger charge is 2.16. The normalized spacial score (nSPS) is 11.8. The molecule has 0 saturated carbocycles. The van der Waals surface area contributed by atoms with Gasteiger partial charge >= 0.3 is 0 Å². The van der Waals surface area contributed by atoms with Crippen LogP contribution in [0, 0.1) is 0 Å². The van der Waals surface area contributed by atoms with Gasteiger partial charge in [0.15, 0.2) is 0 Å². The lowest BCUT2D eigenvalue weighted by atomic mass is 10.1. The highest BCUT2D eigenvalue weighted by molar-refractivity contribution is 7.86. The van der Waals surface area contributed by atoms with Gasteiger partial charge in [-0.15, -0.1) is 0 Å². The van der Waals surface area contributed by atoms with Gasteiger partial charge in [-0.2, -0.15) is 8.42 Å². The number of hydrogen-bond acceptors (Lipinski definition) is 3. The van der Waals surface area contributed by atoms with Gasteiger partial charge in [-0.1, -0.05) is 81.5 Å². The van der Waals surface area contributed by atoms with Gasteiger partial charge in [-0.3, -0.25) is 4.18 Å². The predicted octanol–water partition coefficient (Wildman–Crippen LogP) is 6.23. The van der Waals surface area contributed by atoms with Crippen LogP contribution in [0.15, 0.2) is 23.1 Å². The Balaban J connectivity index is 2.19. The maximum atomic E-state index is 12.0. The second-order valence-corrected chi connectivity index (χ2v) is 8.20. The minimum absolute atomic E-state index is 0.00549.